The van der Waals surface area contributed by atoms with Crippen LogP contribution in [-0.4, -0.2) is 29.9 Å². The van der Waals surface area contributed by atoms with E-state index in [0.29, 0.717) is 0 Å². The molecule has 1 heterocycles. The third-order valence-corrected chi connectivity index (χ3v) is 3.08. The molecule has 0 aromatic rings. The topological polar surface area (TPSA) is 50.9 Å². The van der Waals surface area contributed by atoms with E-state index in [0.717, 1.165) is 32.3 Å². The lowest BCUT2D eigenvalue weighted by Crippen LogP contribution is -2.43. The van der Waals surface area contributed by atoms with E-state index in [2.05, 4.69) is 5.32 Å². The van der Waals surface area contributed by atoms with Gasteiger partial charge in [0.1, 0.15) is 5.60 Å². The zero-order valence-corrected chi connectivity index (χ0v) is 10.3. The van der Waals surface area contributed by atoms with Crippen molar-refractivity contribution in [3.8, 4) is 0 Å². The van der Waals surface area contributed by atoms with Crippen LogP contribution in [0.25, 0.3) is 0 Å². The number of rotatable bonds is 1. The summed E-state index contributed by atoms with van der Waals surface area (Å²) in [4.78, 5) is 11.6. The van der Waals surface area contributed by atoms with E-state index in [9.17, 15) is 4.79 Å². The average Bonchev–Trinajstić information content (AvgIpc) is 2.81. The van der Waals surface area contributed by atoms with Crippen molar-refractivity contribution < 1.29 is 14.3 Å². The van der Waals surface area contributed by atoms with Crippen molar-refractivity contribution in [3.05, 3.63) is 0 Å². The zero-order valence-electron chi connectivity index (χ0n) is 10.3. The largest absolute Gasteiger partial charge is 0.444 e. The number of epoxide rings is 1. The highest BCUT2D eigenvalue weighted by atomic mass is 16.6. The van der Waals surface area contributed by atoms with E-state index in [-0.39, 0.29) is 17.7 Å². The summed E-state index contributed by atoms with van der Waals surface area (Å²) in [5, 5.41) is 2.93. The van der Waals surface area contributed by atoms with Crippen molar-refractivity contribution in [1.82, 2.24) is 5.32 Å². The smallest absolute Gasteiger partial charge is 0.407 e. The van der Waals surface area contributed by atoms with Crippen LogP contribution in [0.15, 0.2) is 0 Å². The second-order valence-corrected chi connectivity index (χ2v) is 5.91. The summed E-state index contributed by atoms with van der Waals surface area (Å²) in [5.74, 6) is 0. The van der Waals surface area contributed by atoms with E-state index in [1.54, 1.807) is 0 Å². The van der Waals surface area contributed by atoms with Crippen molar-refractivity contribution >= 4 is 6.09 Å². The molecule has 0 unspecified atom stereocenters. The number of carbonyl (C=O) groups is 1. The minimum Gasteiger partial charge on any atom is -0.444 e. The lowest BCUT2D eigenvalue weighted by atomic mass is 9.86. The molecule has 4 heteroatoms. The number of hydrogen-bond donors (Lipinski definition) is 1. The fourth-order valence-corrected chi connectivity index (χ4v) is 2.29. The number of ether oxygens (including phenoxy) is 2. The molecule has 1 aliphatic carbocycles. The molecule has 92 valence electrons. The molecule has 1 aliphatic heterocycles. The molecule has 0 radical (unpaired) electrons. The lowest BCUT2D eigenvalue weighted by Gasteiger charge is -2.28. The lowest BCUT2D eigenvalue weighted by molar-refractivity contribution is 0.0479. The Balaban J connectivity index is 1.78. The van der Waals surface area contributed by atoms with Crippen LogP contribution < -0.4 is 5.32 Å². The molecule has 2 rings (SSSR count). The molecule has 0 aromatic carbocycles. The molecule has 0 bridgehead atoms. The van der Waals surface area contributed by atoms with Crippen LogP contribution in [0, 0.1) is 0 Å². The standard InChI is InChI=1S/C12H21NO3/c1-11(2,3)16-10(14)13-9-5-4-6-12(7-9)8-15-12/h9H,4-8H2,1-3H3,(H,13,14)/t9-,12-/m0/s1. The Hall–Kier alpha value is -0.770. The number of amides is 1. The molecule has 2 atom stereocenters. The number of alkyl carbamates (subject to hydrolysis) is 1. The molecule has 1 amide bonds. The Morgan fingerprint density at radius 2 is 2.19 bits per heavy atom. The molecular formula is C12H21NO3. The third-order valence-electron chi connectivity index (χ3n) is 3.08. The van der Waals surface area contributed by atoms with Gasteiger partial charge < -0.3 is 14.8 Å². The highest BCUT2D eigenvalue weighted by Gasteiger charge is 2.48. The van der Waals surface area contributed by atoms with Crippen molar-refractivity contribution in [3.63, 3.8) is 0 Å². The van der Waals surface area contributed by atoms with E-state index >= 15 is 0 Å². The highest BCUT2D eigenvalue weighted by molar-refractivity contribution is 5.68. The van der Waals surface area contributed by atoms with Gasteiger partial charge in [-0.2, -0.15) is 0 Å². The minimum absolute atomic E-state index is 0.0952. The Morgan fingerprint density at radius 3 is 2.75 bits per heavy atom. The Kier molecular flexibility index (Phi) is 2.86. The van der Waals surface area contributed by atoms with Crippen LogP contribution in [0.4, 0.5) is 4.79 Å². The third kappa shape index (κ3) is 3.11. The fraction of sp³-hybridized carbons (Fsp3) is 0.917. The first-order chi connectivity index (χ1) is 7.39. The van der Waals surface area contributed by atoms with E-state index in [1.165, 1.54) is 0 Å². The van der Waals surface area contributed by atoms with Gasteiger partial charge in [0.25, 0.3) is 0 Å². The minimum atomic E-state index is -0.424. The van der Waals surface area contributed by atoms with Crippen LogP contribution in [0.5, 0.6) is 0 Å². The molecule has 4 nitrogen and oxygen atoms in total. The van der Waals surface area contributed by atoms with E-state index < -0.39 is 5.60 Å². The van der Waals surface area contributed by atoms with Gasteiger partial charge in [0.05, 0.1) is 12.2 Å². The fourth-order valence-electron chi connectivity index (χ4n) is 2.29. The monoisotopic (exact) mass is 227 g/mol. The number of hydrogen-bond acceptors (Lipinski definition) is 3. The van der Waals surface area contributed by atoms with Gasteiger partial charge in [-0.05, 0) is 46.5 Å². The predicted molar refractivity (Wildman–Crippen MR) is 60.3 cm³/mol. The van der Waals surface area contributed by atoms with Gasteiger partial charge in [0.15, 0.2) is 0 Å². The predicted octanol–water partition coefficient (Wildman–Crippen LogP) is 2.22. The van der Waals surface area contributed by atoms with Gasteiger partial charge in [-0.3, -0.25) is 0 Å². The van der Waals surface area contributed by atoms with Crippen LogP contribution in [0.3, 0.4) is 0 Å². The summed E-state index contributed by atoms with van der Waals surface area (Å²) in [6.45, 7) is 6.48. The molecule has 1 saturated carbocycles. The van der Waals surface area contributed by atoms with Crippen LogP contribution in [0.2, 0.25) is 0 Å². The highest BCUT2D eigenvalue weighted by Crippen LogP contribution is 2.41. The molecule has 1 N–H and O–H groups in total. The summed E-state index contributed by atoms with van der Waals surface area (Å²) in [6, 6.07) is 0.214. The summed E-state index contributed by atoms with van der Waals surface area (Å²) in [5.41, 5.74) is -0.329. The van der Waals surface area contributed by atoms with Crippen molar-refractivity contribution in [2.75, 3.05) is 6.61 Å². The SMILES string of the molecule is CC(C)(C)OC(=O)N[C@H]1CCC[C@@]2(CO2)C1. The molecule has 1 saturated heterocycles. The first-order valence-electron chi connectivity index (χ1n) is 6.02. The van der Waals surface area contributed by atoms with E-state index in [4.69, 9.17) is 9.47 Å². The van der Waals surface area contributed by atoms with Gasteiger partial charge in [-0.15, -0.1) is 0 Å². The second kappa shape index (κ2) is 3.91. The molecule has 16 heavy (non-hydrogen) atoms. The average molecular weight is 227 g/mol. The van der Waals surface area contributed by atoms with Gasteiger partial charge >= 0.3 is 6.09 Å². The first-order valence-corrected chi connectivity index (χ1v) is 6.02. The molecule has 2 fully saturated rings. The van der Waals surface area contributed by atoms with Crippen molar-refractivity contribution in [1.29, 1.82) is 0 Å². The second-order valence-electron chi connectivity index (χ2n) is 5.91. The van der Waals surface area contributed by atoms with Gasteiger partial charge in [-0.25, -0.2) is 4.79 Å². The maximum Gasteiger partial charge on any atom is 0.407 e. The molecule has 2 aliphatic rings. The van der Waals surface area contributed by atoms with Crippen LogP contribution in [0.1, 0.15) is 46.5 Å². The van der Waals surface area contributed by atoms with Gasteiger partial charge in [0, 0.05) is 6.04 Å². The summed E-state index contributed by atoms with van der Waals surface area (Å²) in [7, 11) is 0. The van der Waals surface area contributed by atoms with Gasteiger partial charge in [-0.1, -0.05) is 0 Å². The maximum absolute atomic E-state index is 11.6. The normalized spacial score (nSPS) is 33.6. The Bertz CT molecular complexity index is 278. The zero-order chi connectivity index (χ0) is 11.8. The quantitative estimate of drug-likeness (QED) is 0.699. The first kappa shape index (κ1) is 11.7. The Labute approximate surface area is 96.7 Å². The van der Waals surface area contributed by atoms with Crippen molar-refractivity contribution in [2.24, 2.45) is 0 Å². The number of nitrogens with one attached hydrogen (secondary N) is 1. The molecule has 1 spiro atoms. The maximum atomic E-state index is 11.6. The van der Waals surface area contributed by atoms with E-state index in [1.807, 2.05) is 20.8 Å². The van der Waals surface area contributed by atoms with Crippen molar-refractivity contribution in [2.45, 2.75) is 63.7 Å². The molecular weight excluding hydrogens is 206 g/mol. The number of carbonyl (C=O) groups excluding carboxylic acids is 1. The van der Waals surface area contributed by atoms with Crippen LogP contribution in [-0.2, 0) is 9.47 Å². The molecule has 0 aromatic heterocycles. The Morgan fingerprint density at radius 1 is 1.50 bits per heavy atom. The summed E-state index contributed by atoms with van der Waals surface area (Å²) >= 11 is 0. The summed E-state index contributed by atoms with van der Waals surface area (Å²) in [6.07, 6.45) is 3.92. The van der Waals surface area contributed by atoms with Crippen LogP contribution >= 0.6 is 0 Å². The summed E-state index contributed by atoms with van der Waals surface area (Å²) < 4.78 is 10.7. The van der Waals surface area contributed by atoms with Gasteiger partial charge in [0.2, 0.25) is 0 Å².